The molecule has 212 valence electrons. The zero-order chi connectivity index (χ0) is 27.4. The highest BCUT2D eigenvalue weighted by Gasteiger charge is 2.70. The lowest BCUT2D eigenvalue weighted by molar-refractivity contribution is -0.184. The van der Waals surface area contributed by atoms with Crippen LogP contribution in [0.4, 0.5) is 0 Å². The van der Waals surface area contributed by atoms with Crippen molar-refractivity contribution in [3.63, 3.8) is 0 Å². The van der Waals surface area contributed by atoms with E-state index in [4.69, 9.17) is 9.47 Å². The van der Waals surface area contributed by atoms with Crippen LogP contribution in [0, 0.1) is 52.3 Å². The molecule has 37 heavy (non-hydrogen) atoms. The van der Waals surface area contributed by atoms with E-state index in [0.717, 1.165) is 49.9 Å². The van der Waals surface area contributed by atoms with Gasteiger partial charge in [0.2, 0.25) is 0 Å². The third kappa shape index (κ3) is 4.48. The van der Waals surface area contributed by atoms with Gasteiger partial charge in [-0.2, -0.15) is 0 Å². The molecule has 5 saturated carbocycles. The highest BCUT2D eigenvalue weighted by atomic mass is 16.6. The van der Waals surface area contributed by atoms with Crippen LogP contribution in [0.3, 0.4) is 0 Å². The van der Waals surface area contributed by atoms with E-state index in [1.807, 2.05) is 13.8 Å². The second-order valence-electron chi connectivity index (χ2n) is 14.7. The second-order valence-corrected chi connectivity index (χ2v) is 14.7. The van der Waals surface area contributed by atoms with Gasteiger partial charge in [-0.3, -0.25) is 9.59 Å². The molecule has 0 aliphatic heterocycles. The molecule has 4 nitrogen and oxygen atoms in total. The summed E-state index contributed by atoms with van der Waals surface area (Å²) in [5.74, 6) is 4.15. The normalized spacial score (nSPS) is 44.1. The van der Waals surface area contributed by atoms with Gasteiger partial charge in [0.25, 0.3) is 0 Å². The first-order chi connectivity index (χ1) is 17.3. The van der Waals surface area contributed by atoms with Gasteiger partial charge in [-0.05, 0) is 100 Å². The van der Waals surface area contributed by atoms with Gasteiger partial charge in [0.1, 0.15) is 11.2 Å². The molecular formula is C33H56O4. The van der Waals surface area contributed by atoms with Crippen molar-refractivity contribution in [2.24, 2.45) is 52.3 Å². The van der Waals surface area contributed by atoms with Crippen LogP contribution in [-0.4, -0.2) is 23.1 Å². The molecule has 0 N–H and O–H groups in total. The van der Waals surface area contributed by atoms with Crippen molar-refractivity contribution in [1.82, 2.24) is 0 Å². The van der Waals surface area contributed by atoms with Crippen LogP contribution < -0.4 is 0 Å². The van der Waals surface area contributed by atoms with Crippen molar-refractivity contribution in [3.8, 4) is 0 Å². The molecule has 0 radical (unpaired) electrons. The Bertz CT molecular complexity index is 864. The smallest absolute Gasteiger partial charge is 0.309 e. The molecule has 0 heterocycles. The first-order valence-electron chi connectivity index (χ1n) is 15.7. The lowest BCUT2D eigenvalue weighted by atomic mass is 9.63. The van der Waals surface area contributed by atoms with E-state index in [2.05, 4.69) is 48.5 Å². The Morgan fingerprint density at radius 2 is 1.43 bits per heavy atom. The maximum atomic E-state index is 12.3. The predicted octanol–water partition coefficient (Wildman–Crippen LogP) is 8.36. The van der Waals surface area contributed by atoms with E-state index in [1.165, 1.54) is 38.5 Å². The number of esters is 2. The molecule has 0 aromatic heterocycles. The molecule has 4 bridgehead atoms. The minimum Gasteiger partial charge on any atom is -0.459 e. The summed E-state index contributed by atoms with van der Waals surface area (Å²) in [6, 6.07) is 0. The first-order valence-corrected chi connectivity index (χ1v) is 15.7. The fourth-order valence-corrected chi connectivity index (χ4v) is 9.61. The summed E-state index contributed by atoms with van der Waals surface area (Å²) in [5.41, 5.74) is 0.0674. The maximum absolute atomic E-state index is 12.3. The van der Waals surface area contributed by atoms with Crippen molar-refractivity contribution in [1.29, 1.82) is 0 Å². The van der Waals surface area contributed by atoms with Crippen molar-refractivity contribution < 1.29 is 19.1 Å². The molecule has 5 fully saturated rings. The Hall–Kier alpha value is -1.06. The predicted molar refractivity (Wildman–Crippen MR) is 149 cm³/mol. The number of fused-ring (bicyclic) bond motifs is 7. The summed E-state index contributed by atoms with van der Waals surface area (Å²) in [5, 5.41) is 0. The molecule has 5 aliphatic carbocycles. The third-order valence-electron chi connectivity index (χ3n) is 13.0. The summed E-state index contributed by atoms with van der Waals surface area (Å²) in [7, 11) is 0. The van der Waals surface area contributed by atoms with Crippen LogP contribution in [0.25, 0.3) is 0 Å². The number of rotatable bonds is 7. The van der Waals surface area contributed by atoms with Gasteiger partial charge in [-0.1, -0.05) is 61.8 Å². The van der Waals surface area contributed by atoms with E-state index >= 15 is 0 Å². The van der Waals surface area contributed by atoms with Crippen LogP contribution in [0.5, 0.6) is 0 Å². The van der Waals surface area contributed by atoms with Crippen LogP contribution in [0.1, 0.15) is 133 Å². The minimum absolute atomic E-state index is 0.00826. The van der Waals surface area contributed by atoms with Crippen LogP contribution in [-0.2, 0) is 19.1 Å². The number of hydrogen-bond acceptors (Lipinski definition) is 4. The van der Waals surface area contributed by atoms with Gasteiger partial charge in [-0.15, -0.1) is 0 Å². The van der Waals surface area contributed by atoms with E-state index in [1.54, 1.807) is 0 Å². The summed E-state index contributed by atoms with van der Waals surface area (Å²) >= 11 is 0. The Balaban J connectivity index is 0.000000173. The maximum Gasteiger partial charge on any atom is 0.309 e. The van der Waals surface area contributed by atoms with Gasteiger partial charge in [0, 0.05) is 11.3 Å². The van der Waals surface area contributed by atoms with Gasteiger partial charge in [0.15, 0.2) is 0 Å². The number of carbonyl (C=O) groups is 2. The number of ether oxygens (including phenoxy) is 2. The molecular weight excluding hydrogens is 460 g/mol. The Morgan fingerprint density at radius 1 is 0.838 bits per heavy atom. The lowest BCUT2D eigenvalue weighted by Crippen LogP contribution is -2.50. The van der Waals surface area contributed by atoms with Gasteiger partial charge in [-0.25, -0.2) is 0 Å². The molecule has 0 aromatic rings. The fourth-order valence-electron chi connectivity index (χ4n) is 9.61. The molecule has 5 aliphatic rings. The molecule has 0 spiro atoms. The average Bonchev–Trinajstić information content (AvgIpc) is 3.62. The van der Waals surface area contributed by atoms with E-state index in [-0.39, 0.29) is 40.4 Å². The van der Waals surface area contributed by atoms with Crippen molar-refractivity contribution >= 4 is 11.9 Å². The standard InChI is InChI=1S/C17H30O2.C16H26O2/c1-7-12(3)14(18)19-17(8-2)11-13-9-10-16(17,6)15(13,4)5;1-4-10(2)15(17)18-16(3)9-11-8-14(16)13-7-5-6-12(11)13/h12-13H,7-11H2,1-6H3;10-14H,4-9H2,1-3H3. The Kier molecular flexibility index (Phi) is 7.95. The second kappa shape index (κ2) is 10.2. The van der Waals surface area contributed by atoms with Crippen molar-refractivity contribution in [2.75, 3.05) is 0 Å². The van der Waals surface area contributed by atoms with Crippen LogP contribution in [0.2, 0.25) is 0 Å². The molecule has 5 rings (SSSR count). The molecule has 10 unspecified atom stereocenters. The zero-order valence-electron chi connectivity index (χ0n) is 25.5. The lowest BCUT2D eigenvalue weighted by Gasteiger charge is -2.47. The summed E-state index contributed by atoms with van der Waals surface area (Å²) in [6.07, 6.45) is 12.9. The molecule has 0 amide bonds. The van der Waals surface area contributed by atoms with E-state index in [0.29, 0.717) is 17.3 Å². The molecule has 4 heteroatoms. The quantitative estimate of drug-likeness (QED) is 0.319. The summed E-state index contributed by atoms with van der Waals surface area (Å²) < 4.78 is 12.1. The van der Waals surface area contributed by atoms with Crippen molar-refractivity contribution in [2.45, 2.75) is 144 Å². The van der Waals surface area contributed by atoms with Crippen LogP contribution >= 0.6 is 0 Å². The number of carbonyl (C=O) groups excluding carboxylic acids is 2. The number of hydrogen-bond donors (Lipinski definition) is 0. The summed E-state index contributed by atoms with van der Waals surface area (Å²) in [6.45, 7) is 19.6. The van der Waals surface area contributed by atoms with Gasteiger partial charge in [0.05, 0.1) is 11.8 Å². The van der Waals surface area contributed by atoms with Crippen LogP contribution in [0.15, 0.2) is 0 Å². The molecule has 0 aromatic carbocycles. The fraction of sp³-hybridized carbons (Fsp3) is 0.939. The molecule has 10 atom stereocenters. The zero-order valence-corrected chi connectivity index (χ0v) is 25.5. The summed E-state index contributed by atoms with van der Waals surface area (Å²) in [4.78, 5) is 24.4. The third-order valence-corrected chi connectivity index (χ3v) is 13.0. The first kappa shape index (κ1) is 28.9. The highest BCUT2D eigenvalue weighted by molar-refractivity contribution is 5.73. The van der Waals surface area contributed by atoms with Gasteiger partial charge < -0.3 is 9.47 Å². The van der Waals surface area contributed by atoms with E-state index < -0.39 is 0 Å². The molecule has 0 saturated heterocycles. The highest BCUT2D eigenvalue weighted by Crippen LogP contribution is 2.71. The SMILES string of the molecule is CCC(C)C(=O)OC1(C)CC2CC1C1CCCC21.CCC(C)C(=O)OC1(CC)CC2CCC1(C)C2(C)C. The Labute approximate surface area is 227 Å². The monoisotopic (exact) mass is 516 g/mol. The Morgan fingerprint density at radius 3 is 1.95 bits per heavy atom. The topological polar surface area (TPSA) is 52.6 Å². The van der Waals surface area contributed by atoms with Crippen molar-refractivity contribution in [3.05, 3.63) is 0 Å². The van der Waals surface area contributed by atoms with E-state index in [9.17, 15) is 9.59 Å². The van der Waals surface area contributed by atoms with Gasteiger partial charge >= 0.3 is 11.9 Å². The minimum atomic E-state index is -0.222. The average molecular weight is 517 g/mol. The largest absolute Gasteiger partial charge is 0.459 e.